The summed E-state index contributed by atoms with van der Waals surface area (Å²) in [5.41, 5.74) is 6.12. The Balaban J connectivity index is -0.000000358. The van der Waals surface area contributed by atoms with E-state index in [0.29, 0.717) is 0 Å². The van der Waals surface area contributed by atoms with Gasteiger partial charge in [0.2, 0.25) is 0 Å². The summed E-state index contributed by atoms with van der Waals surface area (Å²) in [6.07, 6.45) is 0. The molecular formula is C20H25Cl2HfNOSi. The first kappa shape index (κ1) is 30.2. The van der Waals surface area contributed by atoms with Crippen molar-refractivity contribution in [3.05, 3.63) is 60.3 Å². The molecular weight excluding hydrogens is 548 g/mol. The van der Waals surface area contributed by atoms with Gasteiger partial charge in [-0.1, -0.05) is 70.3 Å². The molecule has 2 radical (unpaired) electrons. The van der Waals surface area contributed by atoms with Gasteiger partial charge in [-0.2, -0.15) is 0 Å². The third-order valence-electron chi connectivity index (χ3n) is 3.20. The largest absolute Gasteiger partial charge is 4.00 e. The number of amides is 1. The standard InChI is InChI=1S/C13H9.C5H11NO.C2H6Si.2ClH.Hf/c1-3-7-12-10(5-1)9-11-6-2-4-8-13(11)12;1-5(2,3)4(6)7;1-3-2;;;/h1-9H;1-3H3,(H2,6,7);1-2H3;2*1H;/q-1;;;;;+4/p-3. The topological polar surface area (TPSA) is 40.9 Å². The van der Waals surface area contributed by atoms with Crippen molar-refractivity contribution in [3.8, 4) is 0 Å². The Hall–Kier alpha value is -0.553. The Kier molecular flexibility index (Phi) is 16.8. The molecule has 3 rings (SSSR count). The predicted octanol–water partition coefficient (Wildman–Crippen LogP) is 0.116. The van der Waals surface area contributed by atoms with Gasteiger partial charge in [-0.15, -0.1) is 39.7 Å². The molecule has 1 amide bonds. The van der Waals surface area contributed by atoms with Gasteiger partial charge in [0.15, 0.2) is 0 Å². The van der Waals surface area contributed by atoms with Crippen molar-refractivity contribution in [1.29, 1.82) is 0 Å². The Morgan fingerprint density at radius 1 is 0.885 bits per heavy atom. The SMILES string of the molecule is CC(C)(C)C([NH-])=O.C[Si]C.[Cl-].[Cl-].[Hf+4].c1ccc2c(c1)[cH-]c1ccccc12. The molecule has 0 fully saturated rings. The minimum Gasteiger partial charge on any atom is -1.00 e. The van der Waals surface area contributed by atoms with Crippen LogP contribution < -0.4 is 24.8 Å². The van der Waals surface area contributed by atoms with Gasteiger partial charge in [-0.05, 0) is 0 Å². The number of benzene rings is 2. The van der Waals surface area contributed by atoms with E-state index in [1.54, 1.807) is 20.8 Å². The smallest absolute Gasteiger partial charge is 1.00 e. The molecule has 0 aromatic heterocycles. The van der Waals surface area contributed by atoms with Crippen LogP contribution in [0, 0.1) is 5.41 Å². The molecule has 3 aromatic carbocycles. The van der Waals surface area contributed by atoms with Gasteiger partial charge in [-0.25, -0.2) is 0 Å². The molecule has 1 N–H and O–H groups in total. The van der Waals surface area contributed by atoms with Crippen LogP contribution in [0.3, 0.4) is 0 Å². The van der Waals surface area contributed by atoms with Crippen LogP contribution in [-0.4, -0.2) is 15.4 Å². The number of fused-ring (bicyclic) bond motifs is 3. The number of carbonyl (C=O) groups is 1. The van der Waals surface area contributed by atoms with Gasteiger partial charge in [0, 0.05) is 14.9 Å². The zero-order chi connectivity index (χ0) is 17.5. The van der Waals surface area contributed by atoms with E-state index in [2.05, 4.69) is 67.7 Å². The fourth-order valence-corrected chi connectivity index (χ4v) is 1.90. The maximum atomic E-state index is 10.1. The normalized spacial score (nSPS) is 9.27. The monoisotopic (exact) mass is 573 g/mol. The molecule has 0 atom stereocenters. The van der Waals surface area contributed by atoms with Crippen LogP contribution in [0.25, 0.3) is 27.3 Å². The summed E-state index contributed by atoms with van der Waals surface area (Å²) in [4.78, 5) is 10.1. The van der Waals surface area contributed by atoms with Crippen LogP contribution in [0.15, 0.2) is 54.6 Å². The third kappa shape index (κ3) is 9.40. The Morgan fingerprint density at radius 3 is 1.42 bits per heavy atom. The van der Waals surface area contributed by atoms with E-state index in [9.17, 15) is 4.79 Å². The number of halogens is 2. The van der Waals surface area contributed by atoms with E-state index >= 15 is 0 Å². The Labute approximate surface area is 191 Å². The molecule has 0 heterocycles. The number of carbonyl (C=O) groups excluding carboxylic acids is 1. The van der Waals surface area contributed by atoms with Gasteiger partial charge in [-0.3, -0.25) is 0 Å². The van der Waals surface area contributed by atoms with Gasteiger partial charge >= 0.3 is 25.8 Å². The van der Waals surface area contributed by atoms with Crippen molar-refractivity contribution >= 4 is 37.0 Å². The quantitative estimate of drug-likeness (QED) is 0.279. The fourth-order valence-electron chi connectivity index (χ4n) is 1.90. The summed E-state index contributed by atoms with van der Waals surface area (Å²) in [6, 6.07) is 19.3. The first-order chi connectivity index (χ1) is 10.8. The first-order valence-electron chi connectivity index (χ1n) is 7.69. The molecule has 0 spiro atoms. The molecule has 138 valence electrons. The van der Waals surface area contributed by atoms with Crippen LogP contribution in [0.4, 0.5) is 0 Å². The zero-order valence-electron chi connectivity index (χ0n) is 15.9. The molecule has 0 saturated carbocycles. The molecule has 0 aliphatic heterocycles. The second kappa shape index (κ2) is 14.5. The van der Waals surface area contributed by atoms with Crippen molar-refractivity contribution in [2.24, 2.45) is 5.41 Å². The fraction of sp³-hybridized carbons (Fsp3) is 0.300. The van der Waals surface area contributed by atoms with Crippen LogP contribution in [0.1, 0.15) is 20.8 Å². The van der Waals surface area contributed by atoms with Gasteiger partial charge < -0.3 is 35.3 Å². The van der Waals surface area contributed by atoms with Crippen molar-refractivity contribution in [3.63, 3.8) is 0 Å². The summed E-state index contributed by atoms with van der Waals surface area (Å²) >= 11 is 0. The number of nitrogens with one attached hydrogen (secondary N) is 1. The maximum Gasteiger partial charge on any atom is 4.00 e. The van der Waals surface area contributed by atoms with Crippen LogP contribution in [0.2, 0.25) is 13.1 Å². The minimum atomic E-state index is -0.507. The average Bonchev–Trinajstić information content (AvgIpc) is 2.86. The Morgan fingerprint density at radius 2 is 1.15 bits per heavy atom. The van der Waals surface area contributed by atoms with Gasteiger partial charge in [0.25, 0.3) is 0 Å². The average molecular weight is 573 g/mol. The third-order valence-corrected chi connectivity index (χ3v) is 3.20. The van der Waals surface area contributed by atoms with Crippen molar-refractivity contribution in [1.82, 2.24) is 0 Å². The van der Waals surface area contributed by atoms with Crippen LogP contribution in [0.5, 0.6) is 0 Å². The van der Waals surface area contributed by atoms with Crippen molar-refractivity contribution in [2.75, 3.05) is 0 Å². The van der Waals surface area contributed by atoms with Crippen LogP contribution >= 0.6 is 0 Å². The summed E-state index contributed by atoms with van der Waals surface area (Å²) < 4.78 is 0. The van der Waals surface area contributed by atoms with Crippen LogP contribution in [-0.2, 0) is 30.6 Å². The second-order valence-corrected chi connectivity index (χ2v) is 7.40. The molecule has 0 aliphatic carbocycles. The molecule has 3 aromatic rings. The van der Waals surface area contributed by atoms with E-state index in [4.69, 9.17) is 5.73 Å². The van der Waals surface area contributed by atoms with E-state index in [0.717, 1.165) is 9.52 Å². The van der Waals surface area contributed by atoms with Gasteiger partial charge in [0.1, 0.15) is 0 Å². The second-order valence-electron chi connectivity index (χ2n) is 6.40. The molecule has 0 unspecified atom stereocenters. The summed E-state index contributed by atoms with van der Waals surface area (Å²) in [5.74, 6) is -0.507. The number of hydrogen-bond acceptors (Lipinski definition) is 1. The summed E-state index contributed by atoms with van der Waals surface area (Å²) in [5, 5.41) is 5.39. The molecule has 0 bridgehead atoms. The van der Waals surface area contributed by atoms with E-state index < -0.39 is 11.3 Å². The maximum absolute atomic E-state index is 10.1. The van der Waals surface area contributed by atoms with Crippen molar-refractivity contribution in [2.45, 2.75) is 33.9 Å². The first-order valence-corrected chi connectivity index (χ1v) is 9.69. The van der Waals surface area contributed by atoms with E-state index in [1.807, 2.05) is 0 Å². The molecule has 26 heavy (non-hydrogen) atoms. The Bertz CT molecular complexity index is 719. The number of rotatable bonds is 0. The van der Waals surface area contributed by atoms with Gasteiger partial charge in [0.05, 0.1) is 5.91 Å². The van der Waals surface area contributed by atoms with Crippen molar-refractivity contribution < 1.29 is 55.5 Å². The summed E-state index contributed by atoms with van der Waals surface area (Å²) in [7, 11) is 1.08. The molecule has 6 heteroatoms. The molecule has 2 nitrogen and oxygen atoms in total. The predicted molar refractivity (Wildman–Crippen MR) is 103 cm³/mol. The molecule has 0 aliphatic rings. The zero-order valence-corrected chi connectivity index (χ0v) is 22.0. The summed E-state index contributed by atoms with van der Waals surface area (Å²) in [6.45, 7) is 9.48. The number of hydrogen-bond donors (Lipinski definition) is 0. The van der Waals surface area contributed by atoms with E-state index in [-0.39, 0.29) is 50.7 Å². The molecule has 0 saturated heterocycles. The minimum absolute atomic E-state index is 0. The van der Waals surface area contributed by atoms with E-state index in [1.165, 1.54) is 21.5 Å².